The molecule has 0 saturated carbocycles. The summed E-state index contributed by atoms with van der Waals surface area (Å²) in [7, 11) is 0.688. The molecule has 1 saturated heterocycles. The van der Waals surface area contributed by atoms with Gasteiger partial charge in [0.1, 0.15) is 0 Å². The normalized spacial score (nSPS) is 17.5. The van der Waals surface area contributed by atoms with E-state index in [1.807, 2.05) is 52.0 Å². The van der Waals surface area contributed by atoms with Crippen molar-refractivity contribution in [2.75, 3.05) is 0 Å². The predicted molar refractivity (Wildman–Crippen MR) is 116 cm³/mol. The van der Waals surface area contributed by atoms with Crippen LogP contribution in [-0.4, -0.2) is 42.8 Å². The topological polar surface area (TPSA) is 102 Å². The quantitative estimate of drug-likeness (QED) is 0.542. The van der Waals surface area contributed by atoms with Crippen molar-refractivity contribution in [2.45, 2.75) is 71.8 Å². The van der Waals surface area contributed by atoms with E-state index in [0.717, 1.165) is 18.2 Å². The number of nitriles is 1. The molecule has 1 fully saturated rings. The molecule has 0 aromatic heterocycles. The van der Waals surface area contributed by atoms with E-state index in [-0.39, 0.29) is 5.71 Å². The zero-order chi connectivity index (χ0) is 22.6. The first-order chi connectivity index (χ1) is 13.8. The molecule has 1 aromatic rings. The van der Waals surface area contributed by atoms with Crippen LogP contribution in [0.2, 0.25) is 0 Å². The van der Waals surface area contributed by atoms with E-state index in [0.29, 0.717) is 6.54 Å². The summed E-state index contributed by atoms with van der Waals surface area (Å²) >= 11 is 0. The third-order valence-corrected chi connectivity index (χ3v) is 4.85. The average molecular weight is 413 g/mol. The first-order valence-electron chi connectivity index (χ1n) is 9.76. The van der Waals surface area contributed by atoms with E-state index in [1.54, 1.807) is 20.8 Å². The Labute approximate surface area is 179 Å². The molecular formula is C20H29B2N3O5. The number of amides is 1. The fraction of sp³-hybridized carbons (Fsp3) is 0.550. The van der Waals surface area contributed by atoms with Gasteiger partial charge in [0, 0.05) is 0 Å². The van der Waals surface area contributed by atoms with Gasteiger partial charge in [0.05, 0.1) is 0 Å². The fourth-order valence-electron chi connectivity index (χ4n) is 2.58. The molecule has 1 aliphatic rings. The van der Waals surface area contributed by atoms with Crippen molar-refractivity contribution in [2.24, 2.45) is 0 Å². The Balaban J connectivity index is 1.98. The van der Waals surface area contributed by atoms with Crippen molar-refractivity contribution < 1.29 is 23.5 Å². The summed E-state index contributed by atoms with van der Waals surface area (Å²) in [6.45, 7) is 13.7. The summed E-state index contributed by atoms with van der Waals surface area (Å²) < 4.78 is 21.9. The fourth-order valence-corrected chi connectivity index (χ4v) is 2.58. The predicted octanol–water partition coefficient (Wildman–Crippen LogP) is 1.80. The molecule has 0 spiro atoms. The van der Waals surface area contributed by atoms with Crippen LogP contribution >= 0.6 is 0 Å². The van der Waals surface area contributed by atoms with E-state index in [2.05, 4.69) is 15.3 Å². The number of benzene rings is 1. The monoisotopic (exact) mass is 413 g/mol. The minimum atomic E-state index is -0.654. The Kier molecular flexibility index (Phi) is 7.22. The van der Waals surface area contributed by atoms with Crippen LogP contribution in [0.5, 0.6) is 0 Å². The van der Waals surface area contributed by atoms with Gasteiger partial charge in [0.25, 0.3) is 0 Å². The number of hydrogen-bond acceptors (Lipinski definition) is 7. The summed E-state index contributed by atoms with van der Waals surface area (Å²) in [6, 6.07) is 7.75. The van der Waals surface area contributed by atoms with Gasteiger partial charge in [-0.15, -0.1) is 0 Å². The first-order valence-corrected chi connectivity index (χ1v) is 9.76. The van der Waals surface area contributed by atoms with Gasteiger partial charge in [0.2, 0.25) is 0 Å². The Hall–Kier alpha value is -2.50. The third-order valence-electron chi connectivity index (χ3n) is 4.85. The molecule has 0 radical (unpaired) electrons. The molecule has 30 heavy (non-hydrogen) atoms. The molecule has 0 unspecified atom stereocenters. The number of nitrogens with zero attached hydrogens (tertiary/aromatic N) is 1. The van der Waals surface area contributed by atoms with Gasteiger partial charge in [-0.1, -0.05) is 0 Å². The van der Waals surface area contributed by atoms with Crippen LogP contribution in [0.25, 0.3) is 0 Å². The van der Waals surface area contributed by atoms with Gasteiger partial charge >= 0.3 is 179 Å². The van der Waals surface area contributed by atoms with Gasteiger partial charge in [-0.2, -0.15) is 0 Å². The average Bonchev–Trinajstić information content (AvgIpc) is 2.83. The van der Waals surface area contributed by atoms with Crippen LogP contribution in [0.1, 0.15) is 54.0 Å². The summed E-state index contributed by atoms with van der Waals surface area (Å²) in [4.78, 5) is 12.0. The Bertz CT molecular complexity index is 810. The zero-order valence-corrected chi connectivity index (χ0v) is 18.7. The Morgan fingerprint density at radius 3 is 2.23 bits per heavy atom. The van der Waals surface area contributed by atoms with Crippen molar-refractivity contribution >= 4 is 31.5 Å². The number of hydrogen-bond donors (Lipinski definition) is 2. The number of alkyl carbamates (subject to hydrolysis) is 1. The van der Waals surface area contributed by atoms with Crippen LogP contribution in [0, 0.1) is 11.5 Å². The molecule has 0 atom stereocenters. The number of carbonyl (C=O) groups is 1. The van der Waals surface area contributed by atoms with Gasteiger partial charge < -0.3 is 0 Å². The number of ether oxygens (including phenoxy) is 1. The van der Waals surface area contributed by atoms with E-state index >= 15 is 0 Å². The third kappa shape index (κ3) is 6.51. The molecular weight excluding hydrogens is 384 g/mol. The molecule has 1 aliphatic heterocycles. The summed E-state index contributed by atoms with van der Waals surface area (Å²) in [5, 5.41) is 14.2. The summed E-state index contributed by atoms with van der Waals surface area (Å²) in [5.41, 5.74) is 0.643. The van der Waals surface area contributed by atoms with Crippen LogP contribution in [0.4, 0.5) is 4.79 Å². The van der Waals surface area contributed by atoms with Crippen molar-refractivity contribution in [3.05, 3.63) is 29.8 Å². The molecule has 160 valence electrons. The van der Waals surface area contributed by atoms with Crippen molar-refractivity contribution in [1.82, 2.24) is 10.6 Å². The van der Waals surface area contributed by atoms with Crippen LogP contribution in [-0.2, 0) is 25.2 Å². The molecule has 8 nitrogen and oxygen atoms in total. The van der Waals surface area contributed by atoms with E-state index in [4.69, 9.17) is 19.3 Å². The molecule has 1 aromatic carbocycles. The zero-order valence-electron chi connectivity index (χ0n) is 18.7. The Morgan fingerprint density at radius 2 is 1.73 bits per heavy atom. The summed E-state index contributed by atoms with van der Waals surface area (Å²) in [5.74, 6) is 0. The minimum absolute atomic E-state index is 0.209. The molecule has 10 heteroatoms. The second kappa shape index (κ2) is 9.11. The maximum atomic E-state index is 12.0. The second-order valence-electron chi connectivity index (χ2n) is 9.05. The number of carbonyl (C=O) groups excluding carboxylic acids is 1. The second-order valence-corrected chi connectivity index (χ2v) is 9.05. The number of nitrogens with one attached hydrogen (secondary N) is 2. The van der Waals surface area contributed by atoms with Crippen LogP contribution < -0.4 is 16.1 Å². The van der Waals surface area contributed by atoms with Gasteiger partial charge in [-0.3, -0.25) is 0 Å². The standard InChI is InChI=1S/C20H29B2N3O5/c1-18(2,3)28-17(26)25-16(21-27-13-23)24-12-14-8-10-15(11-9-14)22-29-19(4,5)20(6,7)30-22/h8-11,24H,12H2,1-7H3,(H,25,26). The summed E-state index contributed by atoms with van der Waals surface area (Å²) in [6.07, 6.45) is 0.880. The van der Waals surface area contributed by atoms with Crippen molar-refractivity contribution in [3.8, 4) is 6.26 Å². The van der Waals surface area contributed by atoms with Crippen LogP contribution in [0.15, 0.2) is 24.3 Å². The van der Waals surface area contributed by atoms with Crippen LogP contribution in [0.3, 0.4) is 0 Å². The van der Waals surface area contributed by atoms with Gasteiger partial charge in [-0.05, 0) is 0 Å². The molecule has 2 rings (SSSR count). The van der Waals surface area contributed by atoms with Gasteiger partial charge in [0.15, 0.2) is 0 Å². The van der Waals surface area contributed by atoms with Crippen molar-refractivity contribution in [1.29, 1.82) is 5.26 Å². The molecule has 1 heterocycles. The van der Waals surface area contributed by atoms with Gasteiger partial charge in [-0.25, -0.2) is 0 Å². The maximum absolute atomic E-state index is 12.0. The molecule has 0 bridgehead atoms. The first kappa shape index (κ1) is 23.8. The SMILES string of the molecule is CC(C)(C)OC(=O)NC(=BOC#N)NCc1ccc(B2OC(C)(C)C(C)(C)O2)cc1. The van der Waals surface area contributed by atoms with E-state index in [1.165, 1.54) is 6.26 Å². The number of rotatable bonds is 6. The van der Waals surface area contributed by atoms with E-state index < -0.39 is 30.0 Å². The molecule has 1 amide bonds. The van der Waals surface area contributed by atoms with Crippen molar-refractivity contribution in [3.63, 3.8) is 0 Å². The molecule has 2 N–H and O–H groups in total. The Morgan fingerprint density at radius 1 is 1.17 bits per heavy atom. The van der Waals surface area contributed by atoms with E-state index in [9.17, 15) is 4.79 Å². The molecule has 0 aliphatic carbocycles.